The molecule has 0 fully saturated rings. The molecule has 0 saturated heterocycles. The van der Waals surface area contributed by atoms with Crippen LogP contribution in [0.5, 0.6) is 5.75 Å². The quantitative estimate of drug-likeness (QED) is 0.621. The van der Waals surface area contributed by atoms with Crippen LogP contribution in [0.2, 0.25) is 0 Å². The van der Waals surface area contributed by atoms with E-state index in [1.807, 2.05) is 13.0 Å². The number of rotatable bonds is 1. The largest absolute Gasteiger partial charge is 0.550 e. The molecule has 0 spiro atoms. The van der Waals surface area contributed by atoms with Crippen molar-refractivity contribution in [1.82, 2.24) is 0 Å². The molecule has 1 aromatic carbocycles. The van der Waals surface area contributed by atoms with Crippen LogP contribution in [0.25, 0.3) is 0 Å². The summed E-state index contributed by atoms with van der Waals surface area (Å²) in [5, 5.41) is 9.46. The molecule has 0 aromatic heterocycles. The molecule has 1 unspecified atom stereocenters. The van der Waals surface area contributed by atoms with Crippen molar-refractivity contribution in [3.05, 3.63) is 28.8 Å². The number of aliphatic hydroxyl groups is 1. The van der Waals surface area contributed by atoms with Crippen molar-refractivity contribution in [3.8, 4) is 5.75 Å². The standard InChI is InChI=1S/C11H13O2.B.Y/c1-7-10(8(2)12)4-3-9-5-6-13-11(7)9;;/h4,8,12H,5-6H2,1-2H3;;/q-1;;. The fraction of sp³-hybridized carbons (Fsp3) is 0.455. The van der Waals surface area contributed by atoms with Gasteiger partial charge in [0, 0.05) is 53.0 Å². The first kappa shape index (κ1) is 15.1. The minimum absolute atomic E-state index is 0. The molecule has 0 bridgehead atoms. The number of hydrogen-bond acceptors (Lipinski definition) is 2. The molecule has 1 heterocycles. The van der Waals surface area contributed by atoms with E-state index in [9.17, 15) is 5.11 Å². The van der Waals surface area contributed by atoms with E-state index in [2.05, 4.69) is 6.07 Å². The summed E-state index contributed by atoms with van der Waals surface area (Å²) in [7, 11) is 0. The Kier molecular flexibility index (Phi) is 6.09. The maximum Gasteiger partial charge on any atom is 0.0736 e. The van der Waals surface area contributed by atoms with Gasteiger partial charge in [-0.1, -0.05) is 6.92 Å². The summed E-state index contributed by atoms with van der Waals surface area (Å²) < 4.78 is 5.48. The summed E-state index contributed by atoms with van der Waals surface area (Å²) in [5.41, 5.74) is 3.11. The van der Waals surface area contributed by atoms with Gasteiger partial charge in [-0.15, -0.1) is 16.7 Å². The smallest absolute Gasteiger partial charge is 0.0736 e. The third-order valence-electron chi connectivity index (χ3n) is 2.50. The van der Waals surface area contributed by atoms with E-state index in [0.29, 0.717) is 0 Å². The van der Waals surface area contributed by atoms with E-state index in [1.54, 1.807) is 6.92 Å². The van der Waals surface area contributed by atoms with Crippen LogP contribution in [0.15, 0.2) is 6.07 Å². The van der Waals surface area contributed by atoms with E-state index in [1.165, 1.54) is 0 Å². The van der Waals surface area contributed by atoms with Gasteiger partial charge in [0.05, 0.1) is 6.61 Å². The molecule has 4 radical (unpaired) electrons. The number of fused-ring (bicyclic) bond motifs is 1. The molecule has 1 aromatic rings. The second-order valence-electron chi connectivity index (χ2n) is 3.45. The van der Waals surface area contributed by atoms with Crippen LogP contribution in [-0.4, -0.2) is 20.1 Å². The maximum absolute atomic E-state index is 9.46. The molecule has 1 N–H and O–H groups in total. The number of benzene rings is 1. The van der Waals surface area contributed by atoms with Crippen molar-refractivity contribution < 1.29 is 42.6 Å². The van der Waals surface area contributed by atoms with Gasteiger partial charge < -0.3 is 9.84 Å². The van der Waals surface area contributed by atoms with E-state index >= 15 is 0 Å². The average Bonchev–Trinajstić information content (AvgIpc) is 2.52. The third kappa shape index (κ3) is 2.83. The van der Waals surface area contributed by atoms with Crippen molar-refractivity contribution in [3.63, 3.8) is 0 Å². The Bertz CT molecular complexity index is 340. The number of aliphatic hydroxyl groups excluding tert-OH is 1. The second kappa shape index (κ2) is 6.03. The molecule has 1 aliphatic rings. The van der Waals surface area contributed by atoms with Gasteiger partial charge in [0.2, 0.25) is 0 Å². The fourth-order valence-corrected chi connectivity index (χ4v) is 1.77. The zero-order valence-electron chi connectivity index (χ0n) is 9.08. The number of hydrogen-bond donors (Lipinski definition) is 1. The van der Waals surface area contributed by atoms with Gasteiger partial charge in [0.1, 0.15) is 0 Å². The van der Waals surface area contributed by atoms with Crippen LogP contribution in [0.1, 0.15) is 29.7 Å². The third-order valence-corrected chi connectivity index (χ3v) is 2.50. The van der Waals surface area contributed by atoms with Crippen molar-refractivity contribution in [2.24, 2.45) is 0 Å². The second-order valence-corrected chi connectivity index (χ2v) is 3.45. The first-order chi connectivity index (χ1) is 6.20. The summed E-state index contributed by atoms with van der Waals surface area (Å²) in [6.07, 6.45) is 0.502. The Morgan fingerprint density at radius 3 is 2.80 bits per heavy atom. The molecule has 76 valence electrons. The Labute approximate surface area is 118 Å². The fourth-order valence-electron chi connectivity index (χ4n) is 1.77. The van der Waals surface area contributed by atoms with Gasteiger partial charge in [0.15, 0.2) is 0 Å². The minimum atomic E-state index is -0.439. The summed E-state index contributed by atoms with van der Waals surface area (Å²) in [6.45, 7) is 4.49. The van der Waals surface area contributed by atoms with Crippen LogP contribution in [0.4, 0.5) is 0 Å². The Hall–Kier alpha value is 0.149. The Morgan fingerprint density at radius 2 is 2.20 bits per heavy atom. The molecule has 0 saturated carbocycles. The predicted octanol–water partition coefficient (Wildman–Crippen LogP) is 1.40. The SMILES string of the molecule is Cc1c(C(C)O)c[c-]c2c1OCC2.[B].[Y]. The topological polar surface area (TPSA) is 29.5 Å². The van der Waals surface area contributed by atoms with Gasteiger partial charge in [-0.2, -0.15) is 12.1 Å². The molecule has 1 atom stereocenters. The minimum Gasteiger partial charge on any atom is -0.550 e. The van der Waals surface area contributed by atoms with Crippen molar-refractivity contribution in [2.45, 2.75) is 26.4 Å². The zero-order valence-corrected chi connectivity index (χ0v) is 11.9. The van der Waals surface area contributed by atoms with Gasteiger partial charge >= 0.3 is 0 Å². The summed E-state index contributed by atoms with van der Waals surface area (Å²) in [6, 6.07) is 5.02. The van der Waals surface area contributed by atoms with Crippen molar-refractivity contribution >= 4 is 8.41 Å². The molecular formula is C11H13BO2Y-. The molecule has 4 heteroatoms. The van der Waals surface area contributed by atoms with E-state index in [-0.39, 0.29) is 41.1 Å². The first-order valence-electron chi connectivity index (χ1n) is 4.55. The average molecular weight is 277 g/mol. The van der Waals surface area contributed by atoms with Gasteiger partial charge in [-0.05, 0) is 13.3 Å². The zero-order chi connectivity index (χ0) is 9.42. The normalized spacial score (nSPS) is 14.3. The summed E-state index contributed by atoms with van der Waals surface area (Å²) >= 11 is 0. The van der Waals surface area contributed by atoms with E-state index < -0.39 is 6.10 Å². The molecule has 0 amide bonds. The van der Waals surface area contributed by atoms with Crippen molar-refractivity contribution in [1.29, 1.82) is 0 Å². The Morgan fingerprint density at radius 1 is 1.53 bits per heavy atom. The van der Waals surface area contributed by atoms with Crippen LogP contribution in [-0.2, 0) is 39.1 Å². The Balaban J connectivity index is 0.000000980. The van der Waals surface area contributed by atoms with E-state index in [0.717, 1.165) is 35.5 Å². The molecule has 1 aliphatic heterocycles. The van der Waals surface area contributed by atoms with Crippen molar-refractivity contribution in [2.75, 3.05) is 6.61 Å². The molecular weight excluding hydrogens is 264 g/mol. The monoisotopic (exact) mass is 277 g/mol. The van der Waals surface area contributed by atoms with Gasteiger partial charge in [-0.3, -0.25) is 0 Å². The first-order valence-corrected chi connectivity index (χ1v) is 4.55. The molecule has 0 aliphatic carbocycles. The summed E-state index contributed by atoms with van der Waals surface area (Å²) in [4.78, 5) is 0. The van der Waals surface area contributed by atoms with Crippen LogP contribution >= 0.6 is 0 Å². The maximum atomic E-state index is 9.46. The van der Waals surface area contributed by atoms with Crippen LogP contribution in [0.3, 0.4) is 0 Å². The van der Waals surface area contributed by atoms with Crippen LogP contribution < -0.4 is 4.74 Å². The summed E-state index contributed by atoms with van der Waals surface area (Å²) in [5.74, 6) is 0.929. The van der Waals surface area contributed by atoms with Crippen LogP contribution in [0, 0.1) is 13.0 Å². The molecule has 2 rings (SSSR count). The molecule has 15 heavy (non-hydrogen) atoms. The number of ether oxygens (including phenoxy) is 1. The predicted molar refractivity (Wildman–Crippen MR) is 55.6 cm³/mol. The van der Waals surface area contributed by atoms with Gasteiger partial charge in [-0.25, -0.2) is 0 Å². The molecule has 2 nitrogen and oxygen atoms in total. The van der Waals surface area contributed by atoms with Gasteiger partial charge in [0.25, 0.3) is 0 Å². The van der Waals surface area contributed by atoms with E-state index in [4.69, 9.17) is 4.74 Å².